The third kappa shape index (κ3) is 6.51. The Morgan fingerprint density at radius 3 is 1.97 bits per heavy atom. The van der Waals surface area contributed by atoms with E-state index in [0.29, 0.717) is 22.6 Å². The number of nitrogens with one attached hydrogen (secondary N) is 2. The molecule has 4 heterocycles. The van der Waals surface area contributed by atoms with Gasteiger partial charge in [0.05, 0.1) is 38.1 Å². The number of H-pyrrole nitrogens is 2. The highest BCUT2D eigenvalue weighted by Crippen LogP contribution is 2.21. The van der Waals surface area contributed by atoms with Gasteiger partial charge in [-0.3, -0.25) is 4.79 Å². The van der Waals surface area contributed by atoms with Gasteiger partial charge in [-0.2, -0.15) is 0 Å². The van der Waals surface area contributed by atoms with E-state index < -0.39 is 5.97 Å². The molecule has 4 aromatic heterocycles. The highest BCUT2D eigenvalue weighted by molar-refractivity contribution is 5.93. The number of nitrogens with zero attached hydrogens (tertiary/aromatic N) is 1. The Morgan fingerprint density at radius 2 is 1.50 bits per heavy atom. The van der Waals surface area contributed by atoms with Crippen LogP contribution in [0.3, 0.4) is 0 Å². The van der Waals surface area contributed by atoms with Crippen molar-refractivity contribution in [1.29, 1.82) is 0 Å². The smallest absolute Gasteiger partial charge is 0.354 e. The van der Waals surface area contributed by atoms with E-state index in [9.17, 15) is 9.59 Å². The second-order valence-corrected chi connectivity index (χ2v) is 6.80. The predicted molar refractivity (Wildman–Crippen MR) is 115 cm³/mol. The Morgan fingerprint density at radius 1 is 0.969 bits per heavy atom. The summed E-state index contributed by atoms with van der Waals surface area (Å²) in [5.74, 6) is -0.746. The Kier molecular flexibility index (Phi) is 8.24. The van der Waals surface area contributed by atoms with Crippen molar-refractivity contribution in [2.24, 2.45) is 0 Å². The van der Waals surface area contributed by atoms with Crippen LogP contribution >= 0.6 is 0 Å². The number of aromatic amines is 2. The van der Waals surface area contributed by atoms with Gasteiger partial charge in [0.2, 0.25) is 0 Å². The van der Waals surface area contributed by atoms with Crippen molar-refractivity contribution in [2.45, 2.75) is 13.5 Å². The van der Waals surface area contributed by atoms with Crippen molar-refractivity contribution >= 4 is 40.1 Å². The Balaban J connectivity index is 0.000000200. The lowest BCUT2D eigenvalue weighted by Gasteiger charge is -2.05. The van der Waals surface area contributed by atoms with Gasteiger partial charge in [0.1, 0.15) is 17.1 Å². The first-order valence-corrected chi connectivity index (χ1v) is 9.33. The normalized spacial score (nSPS) is 10.3. The maximum absolute atomic E-state index is 11.2. The summed E-state index contributed by atoms with van der Waals surface area (Å²) >= 11 is 0. The fraction of sp³-hybridized carbons (Fsp3) is 0.286. The Bertz CT molecular complexity index is 1130. The van der Waals surface area contributed by atoms with Crippen LogP contribution in [0.1, 0.15) is 33.7 Å². The van der Waals surface area contributed by atoms with E-state index in [2.05, 4.69) is 19.4 Å². The lowest BCUT2D eigenvalue weighted by Crippen LogP contribution is -2.09. The lowest BCUT2D eigenvalue weighted by molar-refractivity contribution is -0.134. The molecule has 0 aliphatic carbocycles. The average Bonchev–Trinajstić information content (AvgIpc) is 3.45. The third-order valence-corrected chi connectivity index (χ3v) is 3.88. The minimum atomic E-state index is -0.833. The van der Waals surface area contributed by atoms with Gasteiger partial charge in [0, 0.05) is 31.2 Å². The summed E-state index contributed by atoms with van der Waals surface area (Å²) in [7, 11) is 6.63. The second kappa shape index (κ2) is 10.9. The van der Waals surface area contributed by atoms with Gasteiger partial charge in [-0.05, 0) is 14.1 Å². The molecular formula is C21H25N3O8. The number of hydrogen-bond acceptors (Lipinski definition) is 8. The number of aromatic nitrogens is 2. The Labute approximate surface area is 182 Å². The number of carboxylic acid groups (broad SMARTS) is 1. The van der Waals surface area contributed by atoms with E-state index in [1.165, 1.54) is 14.2 Å². The molecule has 32 heavy (non-hydrogen) atoms. The SMILES string of the molecule is CC(=O)O.COC(=O)c1cc2oc(CN(C)C)cc2[nH]1.COC(=O)c1cc2occc2[nH]1. The molecule has 11 heteroatoms. The highest BCUT2D eigenvalue weighted by Gasteiger charge is 2.13. The topological polar surface area (TPSA) is 151 Å². The molecule has 4 aromatic rings. The standard InChI is InChI=1S/C11H14N2O3.C8H7NO3.C2H4O2/c1-13(2)6-7-4-8-10(16-7)5-9(12-8)11(14)15-3;1-11-8(10)6-4-7-5(9-6)2-3-12-7;1-2(3)4/h4-5,12H,6H2,1-3H3;2-4,9H,1H3;1H3,(H,3,4). The summed E-state index contributed by atoms with van der Waals surface area (Å²) in [6, 6.07) is 6.91. The number of aliphatic carboxylic acids is 1. The van der Waals surface area contributed by atoms with Gasteiger partial charge >= 0.3 is 11.9 Å². The number of rotatable bonds is 4. The van der Waals surface area contributed by atoms with Crippen LogP contribution in [0.15, 0.2) is 39.4 Å². The number of carbonyl (C=O) groups is 3. The van der Waals surface area contributed by atoms with Crippen molar-refractivity contribution in [3.63, 3.8) is 0 Å². The number of hydrogen-bond donors (Lipinski definition) is 3. The van der Waals surface area contributed by atoms with Crippen LogP contribution in [0.4, 0.5) is 0 Å². The van der Waals surface area contributed by atoms with E-state index in [4.69, 9.17) is 18.7 Å². The molecule has 11 nitrogen and oxygen atoms in total. The molecule has 172 valence electrons. The van der Waals surface area contributed by atoms with Crippen LogP contribution in [-0.4, -0.2) is 66.2 Å². The number of fused-ring (bicyclic) bond motifs is 2. The minimum Gasteiger partial charge on any atom is -0.481 e. The molecule has 0 aliphatic rings. The first-order chi connectivity index (χ1) is 15.1. The number of carboxylic acids is 1. The zero-order valence-electron chi connectivity index (χ0n) is 18.3. The zero-order chi connectivity index (χ0) is 23.8. The average molecular weight is 447 g/mol. The summed E-state index contributed by atoms with van der Waals surface area (Å²) in [4.78, 5) is 39.1. The van der Waals surface area contributed by atoms with Crippen molar-refractivity contribution in [1.82, 2.24) is 14.9 Å². The van der Waals surface area contributed by atoms with E-state index >= 15 is 0 Å². The van der Waals surface area contributed by atoms with Gasteiger partial charge in [-0.15, -0.1) is 0 Å². The fourth-order valence-corrected chi connectivity index (χ4v) is 2.65. The molecule has 0 aliphatic heterocycles. The predicted octanol–water partition coefficient (Wildman–Crippen LogP) is 3.25. The van der Waals surface area contributed by atoms with Crippen LogP contribution < -0.4 is 0 Å². The van der Waals surface area contributed by atoms with Crippen LogP contribution in [0.25, 0.3) is 22.2 Å². The summed E-state index contributed by atoms with van der Waals surface area (Å²) < 4.78 is 19.8. The summed E-state index contributed by atoms with van der Waals surface area (Å²) in [6.07, 6.45) is 1.56. The molecule has 0 saturated carbocycles. The molecule has 0 fully saturated rings. The monoisotopic (exact) mass is 447 g/mol. The van der Waals surface area contributed by atoms with Gasteiger partial charge < -0.3 is 38.3 Å². The van der Waals surface area contributed by atoms with E-state index in [-0.39, 0.29) is 11.9 Å². The summed E-state index contributed by atoms with van der Waals surface area (Å²) in [5.41, 5.74) is 3.78. The molecule has 0 saturated heterocycles. The third-order valence-electron chi connectivity index (χ3n) is 3.88. The lowest BCUT2D eigenvalue weighted by atomic mass is 10.4. The van der Waals surface area contributed by atoms with Crippen molar-refractivity contribution in [3.05, 3.63) is 47.7 Å². The Hall–Kier alpha value is -3.99. The minimum absolute atomic E-state index is 0.388. The number of furan rings is 2. The molecule has 0 spiro atoms. The first-order valence-electron chi connectivity index (χ1n) is 9.33. The summed E-state index contributed by atoms with van der Waals surface area (Å²) in [6.45, 7) is 1.82. The second-order valence-electron chi connectivity index (χ2n) is 6.80. The molecule has 0 atom stereocenters. The molecule has 0 bridgehead atoms. The molecule has 0 radical (unpaired) electrons. The van der Waals surface area contributed by atoms with Crippen molar-refractivity contribution in [3.8, 4) is 0 Å². The maximum Gasteiger partial charge on any atom is 0.354 e. The number of ether oxygens (including phenoxy) is 2. The van der Waals surface area contributed by atoms with Crippen molar-refractivity contribution in [2.75, 3.05) is 28.3 Å². The van der Waals surface area contributed by atoms with Crippen molar-refractivity contribution < 1.29 is 37.8 Å². The summed E-state index contributed by atoms with van der Waals surface area (Å²) in [5, 5.41) is 7.42. The largest absolute Gasteiger partial charge is 0.481 e. The number of carbonyl (C=O) groups excluding carboxylic acids is 2. The maximum atomic E-state index is 11.2. The van der Waals surface area contributed by atoms with E-state index in [0.717, 1.165) is 30.3 Å². The molecule has 4 rings (SSSR count). The molecule has 0 aromatic carbocycles. The van der Waals surface area contributed by atoms with Gasteiger partial charge in [0.25, 0.3) is 5.97 Å². The van der Waals surface area contributed by atoms with Gasteiger partial charge in [-0.1, -0.05) is 0 Å². The van der Waals surface area contributed by atoms with Crippen LogP contribution in [0.2, 0.25) is 0 Å². The zero-order valence-corrected chi connectivity index (χ0v) is 18.3. The molecular weight excluding hydrogens is 422 g/mol. The quantitative estimate of drug-likeness (QED) is 0.400. The number of methoxy groups -OCH3 is 2. The molecule has 0 unspecified atom stereocenters. The molecule has 0 amide bonds. The van der Waals surface area contributed by atoms with E-state index in [1.807, 2.05) is 25.1 Å². The first kappa shape index (κ1) is 24.3. The van der Waals surface area contributed by atoms with Crippen LogP contribution in [0.5, 0.6) is 0 Å². The fourth-order valence-electron chi connectivity index (χ4n) is 2.65. The van der Waals surface area contributed by atoms with Gasteiger partial charge in [-0.25, -0.2) is 9.59 Å². The number of esters is 2. The van der Waals surface area contributed by atoms with E-state index in [1.54, 1.807) is 24.5 Å². The van der Waals surface area contributed by atoms with Crippen LogP contribution in [0, 0.1) is 0 Å². The van der Waals surface area contributed by atoms with Gasteiger partial charge in [0.15, 0.2) is 11.2 Å². The van der Waals surface area contributed by atoms with Crippen LogP contribution in [-0.2, 0) is 20.8 Å². The molecule has 3 N–H and O–H groups in total. The highest BCUT2D eigenvalue weighted by atomic mass is 16.5.